The van der Waals surface area contributed by atoms with Gasteiger partial charge < -0.3 is 9.84 Å². The van der Waals surface area contributed by atoms with Crippen molar-refractivity contribution < 1.29 is 66.9 Å². The van der Waals surface area contributed by atoms with E-state index in [-0.39, 0.29) is 5.75 Å². The molecule has 1 rings (SSSR count). The molecule has 0 radical (unpaired) electrons. The molecular formula is C15H11F13O2. The zero-order chi connectivity index (χ0) is 23.8. The van der Waals surface area contributed by atoms with Crippen molar-refractivity contribution in [2.75, 3.05) is 6.61 Å². The van der Waals surface area contributed by atoms with Gasteiger partial charge in [-0.1, -0.05) is 12.1 Å². The normalized spacial score (nSPS) is 14.7. The van der Waals surface area contributed by atoms with Gasteiger partial charge in [0.05, 0.1) is 6.61 Å². The number of benzene rings is 1. The lowest BCUT2D eigenvalue weighted by atomic mass is 9.92. The van der Waals surface area contributed by atoms with Crippen molar-refractivity contribution >= 4 is 0 Å². The van der Waals surface area contributed by atoms with Crippen LogP contribution in [0.5, 0.6) is 11.5 Å². The van der Waals surface area contributed by atoms with Crippen molar-refractivity contribution in [3.05, 3.63) is 24.3 Å². The van der Waals surface area contributed by atoms with Crippen LogP contribution in [-0.4, -0.2) is 47.5 Å². The monoisotopic (exact) mass is 470 g/mol. The molecule has 0 unspecified atom stereocenters. The van der Waals surface area contributed by atoms with Crippen LogP contribution in [0.3, 0.4) is 0 Å². The number of phenols is 1. The second-order valence-electron chi connectivity index (χ2n) is 5.92. The van der Waals surface area contributed by atoms with Crippen LogP contribution in [0, 0.1) is 0 Å². The van der Waals surface area contributed by atoms with Gasteiger partial charge >= 0.3 is 35.8 Å². The summed E-state index contributed by atoms with van der Waals surface area (Å²) in [6.45, 7) is -0.954. The van der Waals surface area contributed by atoms with Gasteiger partial charge in [0, 0.05) is 6.42 Å². The van der Waals surface area contributed by atoms with Gasteiger partial charge in [0.15, 0.2) is 11.5 Å². The number of para-hydroxylation sites is 2. The average Bonchev–Trinajstić information content (AvgIpc) is 2.58. The fraction of sp³-hybridized carbons (Fsp3) is 0.600. The molecular weight excluding hydrogens is 459 g/mol. The summed E-state index contributed by atoms with van der Waals surface area (Å²) in [7, 11) is 0. The van der Waals surface area contributed by atoms with Gasteiger partial charge in [-0.15, -0.1) is 0 Å². The topological polar surface area (TPSA) is 29.5 Å². The maximum Gasteiger partial charge on any atom is 0.460 e. The number of rotatable bonds is 9. The van der Waals surface area contributed by atoms with E-state index in [1.807, 2.05) is 0 Å². The fourth-order valence-corrected chi connectivity index (χ4v) is 2.01. The number of hydrogen-bond donors (Lipinski definition) is 1. The minimum absolute atomic E-state index is 0.353. The largest absolute Gasteiger partial charge is 0.504 e. The number of phenolic OH excluding ortho intramolecular Hbond substituents is 1. The Labute approximate surface area is 159 Å². The lowest BCUT2D eigenvalue weighted by molar-refractivity contribution is -0.440. The number of alkyl halides is 13. The van der Waals surface area contributed by atoms with Crippen LogP contribution in [0.15, 0.2) is 24.3 Å². The SMILES string of the molecule is Oc1ccccc1OCCCC(F)(F)C(F)(F)C(F)(F)C(F)(F)C(F)(F)C(F)(F)F. The quantitative estimate of drug-likeness (QED) is 0.340. The Kier molecular flexibility index (Phi) is 6.81. The maximum atomic E-state index is 13.5. The standard InChI is InChI=1S/C15H11F13O2/c16-10(17,6-3-7-30-9-5-2-1-4-8(9)29)11(18,19)12(20,21)13(22,23)14(24,25)15(26,27)28/h1-2,4-5,29H,3,6-7H2. The first-order valence-electron chi connectivity index (χ1n) is 7.60. The van der Waals surface area contributed by atoms with E-state index in [9.17, 15) is 62.2 Å². The van der Waals surface area contributed by atoms with Crippen molar-refractivity contribution in [2.24, 2.45) is 0 Å². The smallest absolute Gasteiger partial charge is 0.460 e. The van der Waals surface area contributed by atoms with E-state index in [0.29, 0.717) is 0 Å². The molecule has 30 heavy (non-hydrogen) atoms. The second-order valence-corrected chi connectivity index (χ2v) is 5.92. The summed E-state index contributed by atoms with van der Waals surface area (Å²) in [5.41, 5.74) is 0. The van der Waals surface area contributed by atoms with E-state index in [4.69, 9.17) is 0 Å². The van der Waals surface area contributed by atoms with Gasteiger partial charge in [0.2, 0.25) is 0 Å². The predicted molar refractivity (Wildman–Crippen MR) is 73.6 cm³/mol. The number of halogens is 13. The minimum atomic E-state index is -7.91. The highest BCUT2D eigenvalue weighted by atomic mass is 19.4. The van der Waals surface area contributed by atoms with E-state index >= 15 is 0 Å². The van der Waals surface area contributed by atoms with Crippen LogP contribution in [-0.2, 0) is 0 Å². The minimum Gasteiger partial charge on any atom is -0.504 e. The summed E-state index contributed by atoms with van der Waals surface area (Å²) < 4.78 is 173. The molecule has 0 saturated heterocycles. The summed E-state index contributed by atoms with van der Waals surface area (Å²) in [6, 6.07) is 4.72. The van der Waals surface area contributed by atoms with Gasteiger partial charge in [-0.25, -0.2) is 0 Å². The van der Waals surface area contributed by atoms with Gasteiger partial charge in [-0.3, -0.25) is 0 Å². The second kappa shape index (κ2) is 7.87. The van der Waals surface area contributed by atoms with E-state index in [2.05, 4.69) is 4.74 Å². The molecule has 0 bridgehead atoms. The van der Waals surface area contributed by atoms with Crippen molar-refractivity contribution in [1.82, 2.24) is 0 Å². The van der Waals surface area contributed by atoms with Crippen LogP contribution in [0.2, 0.25) is 0 Å². The summed E-state index contributed by atoms with van der Waals surface area (Å²) in [4.78, 5) is 0. The van der Waals surface area contributed by atoms with Crippen LogP contribution < -0.4 is 4.74 Å². The molecule has 2 nitrogen and oxygen atoms in total. The Morgan fingerprint density at radius 3 is 1.60 bits per heavy atom. The molecule has 0 aliphatic heterocycles. The van der Waals surface area contributed by atoms with Crippen molar-refractivity contribution in [3.8, 4) is 11.5 Å². The maximum absolute atomic E-state index is 13.5. The third-order valence-electron chi connectivity index (χ3n) is 3.76. The molecule has 15 heteroatoms. The molecule has 1 aromatic rings. The highest BCUT2D eigenvalue weighted by Crippen LogP contribution is 2.60. The third kappa shape index (κ3) is 4.19. The van der Waals surface area contributed by atoms with E-state index in [0.717, 1.165) is 12.1 Å². The summed E-state index contributed by atoms with van der Waals surface area (Å²) in [6.07, 6.45) is -11.0. The molecule has 1 N–H and O–H groups in total. The van der Waals surface area contributed by atoms with Gasteiger partial charge in [0.1, 0.15) is 0 Å². The van der Waals surface area contributed by atoms with Crippen LogP contribution in [0.4, 0.5) is 57.1 Å². The van der Waals surface area contributed by atoms with Crippen LogP contribution in [0.1, 0.15) is 12.8 Å². The lowest BCUT2D eigenvalue weighted by Gasteiger charge is -2.39. The van der Waals surface area contributed by atoms with Gasteiger partial charge in [-0.2, -0.15) is 57.1 Å². The number of aromatic hydroxyl groups is 1. The van der Waals surface area contributed by atoms with Crippen LogP contribution in [0.25, 0.3) is 0 Å². The summed E-state index contributed by atoms with van der Waals surface area (Å²) in [5.74, 6) is -37.8. The highest BCUT2D eigenvalue weighted by Gasteiger charge is 2.90. The lowest BCUT2D eigenvalue weighted by Crippen LogP contribution is -2.70. The fourth-order valence-electron chi connectivity index (χ4n) is 2.01. The molecule has 174 valence electrons. The van der Waals surface area contributed by atoms with Crippen molar-refractivity contribution in [1.29, 1.82) is 0 Å². The summed E-state index contributed by atoms with van der Waals surface area (Å²) >= 11 is 0. The molecule has 0 heterocycles. The zero-order valence-electron chi connectivity index (χ0n) is 14.2. The molecule has 1 aromatic carbocycles. The van der Waals surface area contributed by atoms with E-state index in [1.165, 1.54) is 12.1 Å². The van der Waals surface area contributed by atoms with Crippen LogP contribution >= 0.6 is 0 Å². The predicted octanol–water partition coefficient (Wildman–Crippen LogP) is 6.29. The molecule has 0 atom stereocenters. The molecule has 0 amide bonds. The Morgan fingerprint density at radius 2 is 1.13 bits per heavy atom. The Bertz CT molecular complexity index is 727. The first kappa shape index (κ1) is 25.9. The molecule has 0 aliphatic rings. The zero-order valence-corrected chi connectivity index (χ0v) is 14.2. The Hall–Kier alpha value is -2.09. The average molecular weight is 470 g/mol. The Morgan fingerprint density at radius 1 is 0.667 bits per heavy atom. The number of ether oxygens (including phenoxy) is 1. The third-order valence-corrected chi connectivity index (χ3v) is 3.76. The molecule has 0 saturated carbocycles. The number of hydrogen-bond acceptors (Lipinski definition) is 2. The van der Waals surface area contributed by atoms with Gasteiger partial charge in [-0.05, 0) is 18.6 Å². The summed E-state index contributed by atoms with van der Waals surface area (Å²) in [5, 5.41) is 9.30. The first-order valence-corrected chi connectivity index (χ1v) is 7.60. The molecule has 0 spiro atoms. The molecule has 0 aliphatic carbocycles. The van der Waals surface area contributed by atoms with Crippen molar-refractivity contribution in [3.63, 3.8) is 0 Å². The van der Waals surface area contributed by atoms with Gasteiger partial charge in [0.25, 0.3) is 0 Å². The van der Waals surface area contributed by atoms with E-state index < -0.39 is 61.0 Å². The first-order chi connectivity index (χ1) is 13.2. The Balaban J connectivity index is 3.01. The highest BCUT2D eigenvalue weighted by molar-refractivity contribution is 5.37. The van der Waals surface area contributed by atoms with E-state index in [1.54, 1.807) is 0 Å². The molecule has 0 aromatic heterocycles. The van der Waals surface area contributed by atoms with Crippen molar-refractivity contribution in [2.45, 2.75) is 48.6 Å². The molecule has 0 fully saturated rings.